The molecule has 5 heteroatoms. The molecular weight excluding hydrogens is 232 g/mol. The van der Waals surface area contributed by atoms with E-state index in [4.69, 9.17) is 4.42 Å². The van der Waals surface area contributed by atoms with Crippen LogP contribution in [0, 0.1) is 6.92 Å². The first-order chi connectivity index (χ1) is 8.72. The number of furan rings is 1. The van der Waals surface area contributed by atoms with Gasteiger partial charge in [0.1, 0.15) is 0 Å². The Morgan fingerprint density at radius 2 is 2.17 bits per heavy atom. The predicted octanol–water partition coefficient (Wildman–Crippen LogP) is 2.81. The molecule has 0 atom stereocenters. The molecule has 0 spiro atoms. The molecule has 90 valence electrons. The van der Waals surface area contributed by atoms with Crippen molar-refractivity contribution in [2.45, 2.75) is 6.92 Å². The molecule has 1 amide bonds. The second-order valence-corrected chi connectivity index (χ2v) is 3.58. The molecule has 1 N–H and O–H groups in total. The monoisotopic (exact) mass is 242 g/mol. The third-order valence-electron chi connectivity index (χ3n) is 2.46. The van der Waals surface area contributed by atoms with Gasteiger partial charge in [0.25, 0.3) is 5.91 Å². The van der Waals surface area contributed by atoms with Gasteiger partial charge in [-0.1, -0.05) is 6.07 Å². The van der Waals surface area contributed by atoms with Gasteiger partial charge < -0.3 is 9.73 Å². The van der Waals surface area contributed by atoms with Crippen LogP contribution in [-0.2, 0) is 4.79 Å². The molecule has 0 aliphatic rings. The highest BCUT2D eigenvalue weighted by Crippen LogP contribution is 2.25. The molecule has 0 unspecified atom stereocenters. The number of amides is 1. The number of nitrogens with one attached hydrogen (secondary N) is 1. The molecule has 0 aliphatic heterocycles. The lowest BCUT2D eigenvalue weighted by Crippen LogP contribution is -2.11. The Labute approximate surface area is 103 Å². The Morgan fingerprint density at radius 3 is 2.83 bits per heavy atom. The van der Waals surface area contributed by atoms with Crippen LogP contribution in [0.2, 0.25) is 0 Å². The molecular formula is C13H10N2O3. The first-order valence-electron chi connectivity index (χ1n) is 5.24. The third-order valence-corrected chi connectivity index (χ3v) is 2.46. The average molecular weight is 242 g/mol. The molecule has 1 aromatic carbocycles. The molecule has 1 heterocycles. The number of hydrogen-bond acceptors (Lipinski definition) is 4. The zero-order chi connectivity index (χ0) is 13.0. The summed E-state index contributed by atoms with van der Waals surface area (Å²) in [5, 5.41) is 2.69. The maximum atomic E-state index is 11.8. The Morgan fingerprint density at radius 1 is 1.33 bits per heavy atom. The minimum Gasteiger partial charge on any atom is -0.459 e. The van der Waals surface area contributed by atoms with Gasteiger partial charge in [-0.05, 0) is 36.8 Å². The van der Waals surface area contributed by atoms with Crippen LogP contribution in [0.1, 0.15) is 16.1 Å². The van der Waals surface area contributed by atoms with Crippen LogP contribution in [0.3, 0.4) is 0 Å². The van der Waals surface area contributed by atoms with E-state index in [2.05, 4.69) is 10.3 Å². The molecule has 2 rings (SSSR count). The smallest absolute Gasteiger partial charge is 0.291 e. The standard InChI is InChI=1S/C13H10N2O3/c1-9-10(14-8-16)4-2-5-11(9)15-13(17)12-6-3-7-18-12/h2-7H,1H3,(H,15,17). The molecule has 0 fully saturated rings. The first kappa shape index (κ1) is 11.8. The van der Waals surface area contributed by atoms with E-state index >= 15 is 0 Å². The van der Waals surface area contributed by atoms with Gasteiger partial charge in [0.2, 0.25) is 6.08 Å². The molecule has 1 aromatic heterocycles. The van der Waals surface area contributed by atoms with E-state index in [1.165, 1.54) is 12.3 Å². The molecule has 0 radical (unpaired) electrons. The van der Waals surface area contributed by atoms with Crippen LogP contribution in [-0.4, -0.2) is 12.0 Å². The number of carbonyl (C=O) groups excluding carboxylic acids is 2. The van der Waals surface area contributed by atoms with Gasteiger partial charge in [0.15, 0.2) is 5.76 Å². The minimum atomic E-state index is -0.352. The summed E-state index contributed by atoms with van der Waals surface area (Å²) in [7, 11) is 0. The minimum absolute atomic E-state index is 0.221. The van der Waals surface area contributed by atoms with E-state index in [9.17, 15) is 9.59 Å². The van der Waals surface area contributed by atoms with Crippen LogP contribution in [0.4, 0.5) is 11.4 Å². The van der Waals surface area contributed by atoms with Crippen LogP contribution in [0.5, 0.6) is 0 Å². The van der Waals surface area contributed by atoms with Gasteiger partial charge in [0.05, 0.1) is 12.0 Å². The molecule has 0 saturated carbocycles. The number of hydrogen-bond donors (Lipinski definition) is 1. The quantitative estimate of drug-likeness (QED) is 0.664. The normalized spacial score (nSPS) is 9.61. The number of isocyanates is 1. The third kappa shape index (κ3) is 2.36. The summed E-state index contributed by atoms with van der Waals surface area (Å²) < 4.78 is 4.99. The zero-order valence-electron chi connectivity index (χ0n) is 9.64. The molecule has 5 nitrogen and oxygen atoms in total. The van der Waals surface area contributed by atoms with Crippen molar-refractivity contribution >= 4 is 23.4 Å². The van der Waals surface area contributed by atoms with Gasteiger partial charge >= 0.3 is 0 Å². The van der Waals surface area contributed by atoms with E-state index in [1.54, 1.807) is 37.3 Å². The lowest BCUT2D eigenvalue weighted by atomic mass is 10.1. The molecule has 2 aromatic rings. The van der Waals surface area contributed by atoms with Crippen molar-refractivity contribution in [1.29, 1.82) is 0 Å². The van der Waals surface area contributed by atoms with Crippen molar-refractivity contribution in [3.8, 4) is 0 Å². The summed E-state index contributed by atoms with van der Waals surface area (Å²) in [5.74, 6) is -0.131. The van der Waals surface area contributed by atoms with Gasteiger partial charge in [0, 0.05) is 5.69 Å². The van der Waals surface area contributed by atoms with Gasteiger partial charge in [-0.25, -0.2) is 4.79 Å². The van der Waals surface area contributed by atoms with Gasteiger partial charge in [-0.3, -0.25) is 4.79 Å². The Balaban J connectivity index is 2.27. The highest BCUT2D eigenvalue weighted by molar-refractivity contribution is 6.03. The molecule has 18 heavy (non-hydrogen) atoms. The van der Waals surface area contributed by atoms with Crippen LogP contribution >= 0.6 is 0 Å². The Kier molecular flexibility index (Phi) is 3.36. The maximum absolute atomic E-state index is 11.8. The number of anilines is 1. The summed E-state index contributed by atoms with van der Waals surface area (Å²) >= 11 is 0. The summed E-state index contributed by atoms with van der Waals surface area (Å²) in [5.41, 5.74) is 1.75. The van der Waals surface area contributed by atoms with E-state index in [1.807, 2.05) is 0 Å². The summed E-state index contributed by atoms with van der Waals surface area (Å²) in [6.45, 7) is 1.76. The summed E-state index contributed by atoms with van der Waals surface area (Å²) in [6.07, 6.45) is 2.90. The fraction of sp³-hybridized carbons (Fsp3) is 0.0769. The van der Waals surface area contributed by atoms with Gasteiger partial charge in [-0.2, -0.15) is 4.99 Å². The summed E-state index contributed by atoms with van der Waals surface area (Å²) in [4.78, 5) is 25.6. The Hall–Kier alpha value is -2.65. The van der Waals surface area contributed by atoms with Crippen molar-refractivity contribution in [1.82, 2.24) is 0 Å². The number of rotatable bonds is 3. The fourth-order valence-electron chi connectivity index (χ4n) is 1.52. The lowest BCUT2D eigenvalue weighted by molar-refractivity contribution is 0.0996. The summed E-state index contributed by atoms with van der Waals surface area (Å²) in [6, 6.07) is 8.29. The van der Waals surface area contributed by atoms with Crippen molar-refractivity contribution in [3.63, 3.8) is 0 Å². The number of benzene rings is 1. The van der Waals surface area contributed by atoms with Crippen LogP contribution in [0.25, 0.3) is 0 Å². The highest BCUT2D eigenvalue weighted by atomic mass is 16.3. The molecule has 0 saturated heterocycles. The van der Waals surface area contributed by atoms with Crippen molar-refractivity contribution in [2.24, 2.45) is 4.99 Å². The predicted molar refractivity (Wildman–Crippen MR) is 65.6 cm³/mol. The maximum Gasteiger partial charge on any atom is 0.291 e. The number of aliphatic imine (C=N–C) groups is 1. The van der Waals surface area contributed by atoms with Crippen molar-refractivity contribution < 1.29 is 14.0 Å². The fourth-order valence-corrected chi connectivity index (χ4v) is 1.52. The highest BCUT2D eigenvalue weighted by Gasteiger charge is 2.11. The van der Waals surface area contributed by atoms with E-state index < -0.39 is 0 Å². The van der Waals surface area contributed by atoms with Crippen molar-refractivity contribution in [3.05, 3.63) is 47.9 Å². The largest absolute Gasteiger partial charge is 0.459 e. The number of nitrogens with zero attached hydrogens (tertiary/aromatic N) is 1. The van der Waals surface area contributed by atoms with Crippen LogP contribution in [0.15, 0.2) is 46.0 Å². The van der Waals surface area contributed by atoms with E-state index in [0.717, 1.165) is 0 Å². The average Bonchev–Trinajstić information content (AvgIpc) is 2.88. The zero-order valence-corrected chi connectivity index (χ0v) is 9.64. The SMILES string of the molecule is Cc1c(N=C=O)cccc1NC(=O)c1ccco1. The second kappa shape index (κ2) is 5.12. The van der Waals surface area contributed by atoms with Gasteiger partial charge in [-0.15, -0.1) is 0 Å². The lowest BCUT2D eigenvalue weighted by Gasteiger charge is -2.08. The molecule has 0 bridgehead atoms. The first-order valence-corrected chi connectivity index (χ1v) is 5.24. The van der Waals surface area contributed by atoms with Crippen LogP contribution < -0.4 is 5.32 Å². The second-order valence-electron chi connectivity index (χ2n) is 3.58. The van der Waals surface area contributed by atoms with E-state index in [0.29, 0.717) is 16.9 Å². The Bertz CT molecular complexity index is 611. The van der Waals surface area contributed by atoms with Crippen molar-refractivity contribution in [2.75, 3.05) is 5.32 Å². The topological polar surface area (TPSA) is 71.7 Å². The molecule has 0 aliphatic carbocycles. The number of carbonyl (C=O) groups is 1. The van der Waals surface area contributed by atoms with E-state index in [-0.39, 0.29) is 11.7 Å².